The van der Waals surface area contributed by atoms with Crippen LogP contribution in [-0.4, -0.2) is 11.7 Å². The SMILES string of the molecule is OCCCc1cc[c]([Cu])cc1. The number of hydrogen-bond donors (Lipinski definition) is 1. The molecule has 0 fully saturated rings. The van der Waals surface area contributed by atoms with Gasteiger partial charge in [0.2, 0.25) is 0 Å². The fourth-order valence-electron chi connectivity index (χ4n) is 0.922. The van der Waals surface area contributed by atoms with Gasteiger partial charge in [0.15, 0.2) is 0 Å². The van der Waals surface area contributed by atoms with E-state index in [0.29, 0.717) is 0 Å². The number of aliphatic hydroxyl groups is 1. The van der Waals surface area contributed by atoms with Crippen LogP contribution >= 0.6 is 0 Å². The normalized spacial score (nSPS) is 10.1. The molecule has 11 heavy (non-hydrogen) atoms. The van der Waals surface area contributed by atoms with E-state index >= 15 is 0 Å². The summed E-state index contributed by atoms with van der Waals surface area (Å²) in [5, 5.41) is 8.56. The summed E-state index contributed by atoms with van der Waals surface area (Å²) in [4.78, 5) is 0. The zero-order valence-corrected chi connectivity index (χ0v) is 7.12. The molecule has 0 aliphatic heterocycles. The van der Waals surface area contributed by atoms with Crippen LogP contribution in [0.3, 0.4) is 0 Å². The first kappa shape index (κ1) is 8.79. The summed E-state index contributed by atoms with van der Waals surface area (Å²) >= 11 is 5.08. The zero-order chi connectivity index (χ0) is 8.10. The Morgan fingerprint density at radius 2 is 1.82 bits per heavy atom. The molecule has 1 nitrogen and oxygen atoms in total. The molecule has 0 radical (unpaired) electrons. The van der Waals surface area contributed by atoms with E-state index in [-0.39, 0.29) is 6.61 Å². The molecule has 64 valence electrons. The molecule has 0 saturated carbocycles. The Labute approximate surface area is 75.3 Å². The number of aliphatic hydroxyl groups excluding tert-OH is 1. The van der Waals surface area contributed by atoms with Crippen LogP contribution in [0.2, 0.25) is 0 Å². The third kappa shape index (κ3) is 3.06. The van der Waals surface area contributed by atoms with E-state index in [2.05, 4.69) is 0 Å². The van der Waals surface area contributed by atoms with Crippen molar-refractivity contribution in [2.45, 2.75) is 12.8 Å². The van der Waals surface area contributed by atoms with E-state index in [1.165, 1.54) is 5.56 Å². The summed E-state index contributed by atoms with van der Waals surface area (Å²) < 4.78 is 0.852. The van der Waals surface area contributed by atoms with Crippen molar-refractivity contribution in [3.8, 4) is 0 Å². The molecule has 1 aromatic carbocycles. The van der Waals surface area contributed by atoms with Gasteiger partial charge in [-0.1, -0.05) is 0 Å². The van der Waals surface area contributed by atoms with Crippen LogP contribution in [0.4, 0.5) is 0 Å². The van der Waals surface area contributed by atoms with Crippen molar-refractivity contribution in [1.29, 1.82) is 0 Å². The molecular formula is C9H11CuO. The predicted octanol–water partition coefficient (Wildman–Crippen LogP) is 0.784. The third-order valence-corrected chi connectivity index (χ3v) is 1.83. The third-order valence-electron chi connectivity index (χ3n) is 1.51. The fourth-order valence-corrected chi connectivity index (χ4v) is 1.08. The standard InChI is InChI=1S/C9H11O.Cu/c10-8-4-7-9-5-2-1-3-6-9;/h2-3,5-6,10H,4,7-8H2;. The van der Waals surface area contributed by atoms with E-state index < -0.39 is 0 Å². The molecule has 0 spiro atoms. The number of benzene rings is 1. The average Bonchev–Trinajstić information content (AvgIpc) is 2.04. The summed E-state index contributed by atoms with van der Waals surface area (Å²) in [6.45, 7) is 0.258. The Bertz CT molecular complexity index is 205. The van der Waals surface area contributed by atoms with Gasteiger partial charge in [-0.2, -0.15) is 0 Å². The van der Waals surface area contributed by atoms with Crippen LogP contribution in [0, 0.1) is 0 Å². The van der Waals surface area contributed by atoms with E-state index in [1.807, 2.05) is 24.3 Å². The molecule has 0 saturated heterocycles. The van der Waals surface area contributed by atoms with Crippen molar-refractivity contribution >= 4 is 4.46 Å². The van der Waals surface area contributed by atoms with E-state index in [0.717, 1.165) is 17.3 Å². The number of aryl methyl sites for hydroxylation is 1. The molecule has 0 aliphatic carbocycles. The van der Waals surface area contributed by atoms with Gasteiger partial charge in [0.25, 0.3) is 0 Å². The number of rotatable bonds is 3. The maximum absolute atomic E-state index is 8.56. The van der Waals surface area contributed by atoms with Crippen LogP contribution in [0.5, 0.6) is 0 Å². The van der Waals surface area contributed by atoms with Gasteiger partial charge >= 0.3 is 74.9 Å². The van der Waals surface area contributed by atoms with Gasteiger partial charge in [0.05, 0.1) is 0 Å². The molecule has 0 bridgehead atoms. The minimum atomic E-state index is 0.258. The first-order valence-corrected chi connectivity index (χ1v) is 4.11. The van der Waals surface area contributed by atoms with E-state index in [4.69, 9.17) is 21.1 Å². The van der Waals surface area contributed by atoms with Crippen molar-refractivity contribution < 1.29 is 21.1 Å². The summed E-state index contributed by atoms with van der Waals surface area (Å²) in [6.07, 6.45) is 1.76. The molecule has 0 heterocycles. The fraction of sp³-hybridized carbons (Fsp3) is 0.333. The van der Waals surface area contributed by atoms with Gasteiger partial charge in [-0.05, 0) is 0 Å². The van der Waals surface area contributed by atoms with E-state index in [1.54, 1.807) is 0 Å². The van der Waals surface area contributed by atoms with Gasteiger partial charge < -0.3 is 0 Å². The monoisotopic (exact) mass is 198 g/mol. The second-order valence-electron chi connectivity index (χ2n) is 2.41. The van der Waals surface area contributed by atoms with E-state index in [9.17, 15) is 0 Å². The number of hydrogen-bond acceptors (Lipinski definition) is 1. The van der Waals surface area contributed by atoms with Crippen LogP contribution in [0.15, 0.2) is 24.3 Å². The van der Waals surface area contributed by atoms with Crippen LogP contribution in [0.1, 0.15) is 12.0 Å². The summed E-state index contributed by atoms with van der Waals surface area (Å²) in [5.41, 5.74) is 1.24. The summed E-state index contributed by atoms with van der Waals surface area (Å²) in [5.74, 6) is 0. The average molecular weight is 199 g/mol. The minimum absolute atomic E-state index is 0.258. The molecular weight excluding hydrogens is 188 g/mol. The van der Waals surface area contributed by atoms with Crippen LogP contribution in [0.25, 0.3) is 0 Å². The molecule has 1 rings (SSSR count). The first-order valence-electron chi connectivity index (χ1n) is 3.64. The van der Waals surface area contributed by atoms with Crippen LogP contribution in [-0.2, 0) is 22.4 Å². The predicted molar refractivity (Wildman–Crippen MR) is 41.5 cm³/mol. The molecule has 0 unspecified atom stereocenters. The summed E-state index contributed by atoms with van der Waals surface area (Å²) in [7, 11) is 0. The van der Waals surface area contributed by atoms with Crippen molar-refractivity contribution in [1.82, 2.24) is 0 Å². The van der Waals surface area contributed by atoms with Crippen molar-refractivity contribution in [3.63, 3.8) is 0 Å². The molecule has 2 heteroatoms. The first-order chi connectivity index (χ1) is 5.33. The van der Waals surface area contributed by atoms with Gasteiger partial charge in [0, 0.05) is 0 Å². The topological polar surface area (TPSA) is 20.2 Å². The molecule has 1 aromatic rings. The van der Waals surface area contributed by atoms with Crippen LogP contribution < -0.4 is 4.46 Å². The second-order valence-corrected chi connectivity index (χ2v) is 2.95. The quantitative estimate of drug-likeness (QED) is 0.712. The Balaban J connectivity index is 2.52. The van der Waals surface area contributed by atoms with Crippen molar-refractivity contribution in [2.75, 3.05) is 6.61 Å². The Morgan fingerprint density at radius 3 is 2.36 bits per heavy atom. The van der Waals surface area contributed by atoms with Crippen molar-refractivity contribution in [2.24, 2.45) is 0 Å². The molecule has 1 N–H and O–H groups in total. The molecule has 0 atom stereocenters. The molecule has 0 aromatic heterocycles. The van der Waals surface area contributed by atoms with Crippen molar-refractivity contribution in [3.05, 3.63) is 29.8 Å². The van der Waals surface area contributed by atoms with Gasteiger partial charge in [-0.3, -0.25) is 0 Å². The molecule has 0 amide bonds. The van der Waals surface area contributed by atoms with Gasteiger partial charge in [-0.25, -0.2) is 0 Å². The Kier molecular flexibility index (Phi) is 3.64. The summed E-state index contributed by atoms with van der Waals surface area (Å²) in [6, 6.07) is 7.83. The maximum atomic E-state index is 8.56. The molecule has 0 aliphatic rings. The van der Waals surface area contributed by atoms with Gasteiger partial charge in [0.1, 0.15) is 0 Å². The Hall–Kier alpha value is -0.301. The zero-order valence-electron chi connectivity index (χ0n) is 6.18. The van der Waals surface area contributed by atoms with Gasteiger partial charge in [-0.15, -0.1) is 0 Å². The second kappa shape index (κ2) is 4.55. The Morgan fingerprint density at radius 1 is 1.18 bits per heavy atom.